The Morgan fingerprint density at radius 2 is 2.12 bits per heavy atom. The summed E-state index contributed by atoms with van der Waals surface area (Å²) in [6.07, 6.45) is 0.847. The quantitative estimate of drug-likeness (QED) is 0.792. The molecule has 0 aliphatic carbocycles. The molecule has 1 N–H and O–H groups in total. The van der Waals surface area contributed by atoms with Gasteiger partial charge < -0.3 is 14.5 Å². The van der Waals surface area contributed by atoms with Crippen LogP contribution in [0.4, 0.5) is 0 Å². The Balaban J connectivity index is 2.45. The molecule has 1 aromatic rings. The van der Waals surface area contributed by atoms with E-state index in [1.165, 1.54) is 0 Å². The third-order valence-electron chi connectivity index (χ3n) is 2.17. The lowest BCUT2D eigenvalue weighted by Crippen LogP contribution is -2.29. The molecule has 0 aromatic carbocycles. The second-order valence-corrected chi connectivity index (χ2v) is 3.75. The first-order valence-corrected chi connectivity index (χ1v) is 5.55. The number of aryl methyl sites for hydroxylation is 2. The Labute approximate surface area is 100 Å². The largest absolute Gasteiger partial charge is 0.466 e. The number of carbonyl (C=O) groups excluding carboxylic acids is 2. The maximum atomic E-state index is 11.6. The zero-order chi connectivity index (χ0) is 12.8. The summed E-state index contributed by atoms with van der Waals surface area (Å²) >= 11 is 0. The van der Waals surface area contributed by atoms with E-state index in [0.717, 1.165) is 6.42 Å². The van der Waals surface area contributed by atoms with E-state index in [1.807, 2.05) is 6.92 Å². The number of carbonyl (C=O) groups is 2. The summed E-state index contributed by atoms with van der Waals surface area (Å²) in [5.74, 6) is 0.315. The second-order valence-electron chi connectivity index (χ2n) is 3.75. The third-order valence-corrected chi connectivity index (χ3v) is 2.17. The Morgan fingerprint density at radius 3 is 2.65 bits per heavy atom. The predicted molar refractivity (Wildman–Crippen MR) is 61.8 cm³/mol. The molecule has 0 spiro atoms. The van der Waals surface area contributed by atoms with Crippen LogP contribution in [0.5, 0.6) is 0 Å². The Morgan fingerprint density at radius 1 is 1.41 bits per heavy atom. The first kappa shape index (κ1) is 13.3. The zero-order valence-electron chi connectivity index (χ0n) is 10.3. The number of nitrogens with one attached hydrogen (secondary N) is 1. The topological polar surface area (TPSA) is 68.5 Å². The minimum absolute atomic E-state index is 0.261. The fraction of sp³-hybridized carbons (Fsp3) is 0.500. The molecule has 17 heavy (non-hydrogen) atoms. The standard InChI is InChI=1S/C12H17NO4/c1-4-5-13-11(14)7-16-12(15)10-6-8(2)17-9(10)3/h6H,4-5,7H2,1-3H3,(H,13,14). The van der Waals surface area contributed by atoms with Gasteiger partial charge in [0.1, 0.15) is 17.1 Å². The molecular weight excluding hydrogens is 222 g/mol. The van der Waals surface area contributed by atoms with Crippen LogP contribution in [0.3, 0.4) is 0 Å². The highest BCUT2D eigenvalue weighted by molar-refractivity contribution is 5.92. The molecule has 0 unspecified atom stereocenters. The fourth-order valence-electron chi connectivity index (χ4n) is 1.36. The summed E-state index contributed by atoms with van der Waals surface area (Å²) in [5, 5.41) is 2.62. The summed E-state index contributed by atoms with van der Waals surface area (Å²) in [6.45, 7) is 5.70. The van der Waals surface area contributed by atoms with Gasteiger partial charge in [0.15, 0.2) is 6.61 Å². The first-order chi connectivity index (χ1) is 8.04. The Bertz CT molecular complexity index is 409. The number of rotatable bonds is 5. The third kappa shape index (κ3) is 3.94. The molecule has 5 heteroatoms. The predicted octanol–water partition coefficient (Wildman–Crippen LogP) is 1.58. The number of furan rings is 1. The molecule has 1 aromatic heterocycles. The highest BCUT2D eigenvalue weighted by Gasteiger charge is 2.15. The monoisotopic (exact) mass is 239 g/mol. The lowest BCUT2D eigenvalue weighted by atomic mass is 10.2. The van der Waals surface area contributed by atoms with Gasteiger partial charge in [0.05, 0.1) is 0 Å². The van der Waals surface area contributed by atoms with Crippen molar-refractivity contribution in [1.82, 2.24) is 5.32 Å². The van der Waals surface area contributed by atoms with Crippen molar-refractivity contribution in [2.75, 3.05) is 13.2 Å². The van der Waals surface area contributed by atoms with Gasteiger partial charge in [-0.1, -0.05) is 6.92 Å². The lowest BCUT2D eigenvalue weighted by molar-refractivity contribution is -0.124. The molecule has 0 aliphatic rings. The van der Waals surface area contributed by atoms with E-state index >= 15 is 0 Å². The summed E-state index contributed by atoms with van der Waals surface area (Å²) in [7, 11) is 0. The molecule has 5 nitrogen and oxygen atoms in total. The van der Waals surface area contributed by atoms with Gasteiger partial charge in [-0.2, -0.15) is 0 Å². The Kier molecular flexibility index (Phi) is 4.75. The minimum atomic E-state index is -0.536. The van der Waals surface area contributed by atoms with E-state index in [1.54, 1.807) is 19.9 Å². The van der Waals surface area contributed by atoms with E-state index in [4.69, 9.17) is 9.15 Å². The van der Waals surface area contributed by atoms with Gasteiger partial charge in [-0.05, 0) is 26.3 Å². The van der Waals surface area contributed by atoms with Crippen LogP contribution in [-0.4, -0.2) is 25.0 Å². The van der Waals surface area contributed by atoms with Crippen molar-refractivity contribution in [2.45, 2.75) is 27.2 Å². The van der Waals surface area contributed by atoms with Gasteiger partial charge in [-0.15, -0.1) is 0 Å². The van der Waals surface area contributed by atoms with Crippen LogP contribution in [0, 0.1) is 13.8 Å². The molecule has 0 radical (unpaired) electrons. The maximum Gasteiger partial charge on any atom is 0.342 e. The van der Waals surface area contributed by atoms with Crippen molar-refractivity contribution in [3.63, 3.8) is 0 Å². The SMILES string of the molecule is CCCNC(=O)COC(=O)c1cc(C)oc1C. The smallest absolute Gasteiger partial charge is 0.342 e. The molecule has 0 aliphatic heterocycles. The number of hydrogen-bond donors (Lipinski definition) is 1. The van der Waals surface area contributed by atoms with Crippen molar-refractivity contribution in [3.8, 4) is 0 Å². The molecule has 1 rings (SSSR count). The molecule has 0 fully saturated rings. The summed E-state index contributed by atoms with van der Waals surface area (Å²) < 4.78 is 10.1. The van der Waals surface area contributed by atoms with Crippen LogP contribution < -0.4 is 5.32 Å². The zero-order valence-corrected chi connectivity index (χ0v) is 10.3. The number of esters is 1. The highest BCUT2D eigenvalue weighted by atomic mass is 16.5. The maximum absolute atomic E-state index is 11.6. The van der Waals surface area contributed by atoms with Crippen molar-refractivity contribution < 1.29 is 18.7 Å². The van der Waals surface area contributed by atoms with Crippen LogP contribution in [-0.2, 0) is 9.53 Å². The molecule has 1 amide bonds. The summed E-state index contributed by atoms with van der Waals surface area (Å²) in [6, 6.07) is 1.60. The van der Waals surface area contributed by atoms with Gasteiger partial charge in [0.2, 0.25) is 0 Å². The fourth-order valence-corrected chi connectivity index (χ4v) is 1.36. The van der Waals surface area contributed by atoms with Gasteiger partial charge in [0, 0.05) is 6.54 Å². The molecule has 1 heterocycles. The van der Waals surface area contributed by atoms with Crippen molar-refractivity contribution >= 4 is 11.9 Å². The van der Waals surface area contributed by atoms with E-state index in [2.05, 4.69) is 5.32 Å². The van der Waals surface area contributed by atoms with Crippen LogP contribution in [0.1, 0.15) is 35.2 Å². The highest BCUT2D eigenvalue weighted by Crippen LogP contribution is 2.14. The van der Waals surface area contributed by atoms with Crippen molar-refractivity contribution in [3.05, 3.63) is 23.2 Å². The second kappa shape index (κ2) is 6.08. The van der Waals surface area contributed by atoms with Crippen LogP contribution in [0.15, 0.2) is 10.5 Å². The van der Waals surface area contributed by atoms with E-state index in [-0.39, 0.29) is 12.5 Å². The summed E-state index contributed by atoms with van der Waals surface area (Å²) in [5.41, 5.74) is 0.366. The minimum Gasteiger partial charge on any atom is -0.466 e. The van der Waals surface area contributed by atoms with E-state index in [0.29, 0.717) is 23.6 Å². The van der Waals surface area contributed by atoms with Gasteiger partial charge in [-0.25, -0.2) is 4.79 Å². The van der Waals surface area contributed by atoms with Gasteiger partial charge >= 0.3 is 5.97 Å². The number of amides is 1. The molecule has 0 bridgehead atoms. The Hall–Kier alpha value is -1.78. The average molecular weight is 239 g/mol. The normalized spacial score (nSPS) is 10.1. The number of ether oxygens (including phenoxy) is 1. The molecule has 0 atom stereocenters. The molecule has 0 saturated carbocycles. The van der Waals surface area contributed by atoms with Crippen molar-refractivity contribution in [1.29, 1.82) is 0 Å². The van der Waals surface area contributed by atoms with Crippen molar-refractivity contribution in [2.24, 2.45) is 0 Å². The van der Waals surface area contributed by atoms with Crippen LogP contribution >= 0.6 is 0 Å². The lowest BCUT2D eigenvalue weighted by Gasteiger charge is -2.04. The average Bonchev–Trinajstić information content (AvgIpc) is 2.62. The van der Waals surface area contributed by atoms with E-state index < -0.39 is 5.97 Å². The van der Waals surface area contributed by atoms with Crippen LogP contribution in [0.2, 0.25) is 0 Å². The van der Waals surface area contributed by atoms with Gasteiger partial charge in [0.25, 0.3) is 5.91 Å². The van der Waals surface area contributed by atoms with Crippen LogP contribution in [0.25, 0.3) is 0 Å². The van der Waals surface area contributed by atoms with E-state index in [9.17, 15) is 9.59 Å². The van der Waals surface area contributed by atoms with Gasteiger partial charge in [-0.3, -0.25) is 4.79 Å². The molecule has 94 valence electrons. The molecule has 0 saturated heterocycles. The summed E-state index contributed by atoms with van der Waals surface area (Å²) in [4.78, 5) is 22.8. The molecular formula is C12H17NO4. The first-order valence-electron chi connectivity index (χ1n) is 5.55. The number of hydrogen-bond acceptors (Lipinski definition) is 4.